The average Bonchev–Trinajstić information content (AvgIpc) is 2.26. The zero-order valence-electron chi connectivity index (χ0n) is 8.10. The van der Waals surface area contributed by atoms with Crippen molar-refractivity contribution in [1.82, 2.24) is 0 Å². The summed E-state index contributed by atoms with van der Waals surface area (Å²) in [6, 6.07) is 7.57. The van der Waals surface area contributed by atoms with Gasteiger partial charge in [-0.15, -0.1) is 0 Å². The first-order valence-electron chi connectivity index (χ1n) is 4.61. The predicted molar refractivity (Wildman–Crippen MR) is 60.7 cm³/mol. The fourth-order valence-electron chi connectivity index (χ4n) is 1.33. The molecule has 5 heteroatoms. The van der Waals surface area contributed by atoms with Crippen LogP contribution in [-0.4, -0.2) is 23.6 Å². The molecule has 0 saturated heterocycles. The molecular formula is C10H12N2O2S. The molecular weight excluding hydrogens is 212 g/mol. The predicted octanol–water partition coefficient (Wildman–Crippen LogP) is 1.45. The third kappa shape index (κ3) is 2.56. The van der Waals surface area contributed by atoms with E-state index in [4.69, 9.17) is 20.6 Å². The van der Waals surface area contributed by atoms with Gasteiger partial charge in [0.25, 0.3) is 0 Å². The minimum absolute atomic E-state index is 0.0335. The largest absolute Gasteiger partial charge is 0.486 e. The van der Waals surface area contributed by atoms with Gasteiger partial charge in [0.15, 0.2) is 16.7 Å². The molecule has 1 aliphatic heterocycles. The highest BCUT2D eigenvalue weighted by Crippen LogP contribution is 2.31. The molecule has 1 unspecified atom stereocenters. The zero-order valence-corrected chi connectivity index (χ0v) is 8.92. The Morgan fingerprint density at radius 2 is 2.20 bits per heavy atom. The van der Waals surface area contributed by atoms with Crippen LogP contribution < -0.4 is 15.2 Å². The molecule has 0 saturated carbocycles. The van der Waals surface area contributed by atoms with E-state index in [0.717, 1.165) is 11.5 Å². The molecule has 0 amide bonds. The maximum atomic E-state index is 7.10. The molecule has 0 fully saturated rings. The van der Waals surface area contributed by atoms with Crippen LogP contribution >= 0.6 is 11.8 Å². The summed E-state index contributed by atoms with van der Waals surface area (Å²) in [7, 11) is 0. The van der Waals surface area contributed by atoms with Crippen LogP contribution in [-0.2, 0) is 0 Å². The third-order valence-corrected chi connectivity index (χ3v) is 2.84. The van der Waals surface area contributed by atoms with Gasteiger partial charge >= 0.3 is 0 Å². The van der Waals surface area contributed by atoms with Crippen LogP contribution in [0.5, 0.6) is 11.5 Å². The molecule has 1 aliphatic rings. The van der Waals surface area contributed by atoms with E-state index in [-0.39, 0.29) is 11.3 Å². The van der Waals surface area contributed by atoms with Gasteiger partial charge in [-0.2, -0.15) is 0 Å². The molecule has 1 aromatic carbocycles. The number of para-hydroxylation sites is 2. The Balaban J connectivity index is 1.96. The van der Waals surface area contributed by atoms with Crippen LogP contribution in [0.25, 0.3) is 0 Å². The second-order valence-electron chi connectivity index (χ2n) is 3.17. The zero-order chi connectivity index (χ0) is 10.7. The number of nitrogens with one attached hydrogen (secondary N) is 1. The SMILES string of the molecule is N=C(N)SCC1COc2ccccc2O1. The summed E-state index contributed by atoms with van der Waals surface area (Å²) < 4.78 is 11.2. The smallest absolute Gasteiger partial charge is 0.161 e. The lowest BCUT2D eigenvalue weighted by atomic mass is 10.3. The van der Waals surface area contributed by atoms with Gasteiger partial charge in [-0.05, 0) is 12.1 Å². The van der Waals surface area contributed by atoms with Gasteiger partial charge in [0.2, 0.25) is 0 Å². The highest BCUT2D eigenvalue weighted by molar-refractivity contribution is 8.13. The summed E-state index contributed by atoms with van der Waals surface area (Å²) >= 11 is 1.27. The highest BCUT2D eigenvalue weighted by Gasteiger charge is 2.20. The maximum Gasteiger partial charge on any atom is 0.161 e. The first-order chi connectivity index (χ1) is 7.25. The molecule has 3 N–H and O–H groups in total. The first kappa shape index (κ1) is 10.2. The highest BCUT2D eigenvalue weighted by atomic mass is 32.2. The minimum Gasteiger partial charge on any atom is -0.486 e. The number of fused-ring (bicyclic) bond motifs is 1. The average molecular weight is 224 g/mol. The standard InChI is InChI=1S/C10H12N2O2S/c11-10(12)15-6-7-5-13-8-3-1-2-4-9(8)14-7/h1-4,7H,5-6H2,(H3,11,12). The van der Waals surface area contributed by atoms with E-state index in [1.165, 1.54) is 11.8 Å². The first-order valence-corrected chi connectivity index (χ1v) is 5.59. The fourth-order valence-corrected chi connectivity index (χ4v) is 1.86. The number of amidine groups is 1. The van der Waals surface area contributed by atoms with Crippen molar-refractivity contribution in [2.45, 2.75) is 6.10 Å². The van der Waals surface area contributed by atoms with E-state index >= 15 is 0 Å². The lowest BCUT2D eigenvalue weighted by Gasteiger charge is -2.25. The van der Waals surface area contributed by atoms with Crippen LogP contribution in [0.1, 0.15) is 0 Å². The fraction of sp³-hybridized carbons (Fsp3) is 0.300. The summed E-state index contributed by atoms with van der Waals surface area (Å²) in [5.74, 6) is 2.18. The van der Waals surface area contributed by atoms with Crippen molar-refractivity contribution in [3.05, 3.63) is 24.3 Å². The Bertz CT molecular complexity index is 370. The molecule has 80 valence electrons. The monoisotopic (exact) mass is 224 g/mol. The van der Waals surface area contributed by atoms with E-state index < -0.39 is 0 Å². The molecule has 1 heterocycles. The molecule has 0 aliphatic carbocycles. The van der Waals surface area contributed by atoms with Crippen molar-refractivity contribution >= 4 is 16.9 Å². The molecule has 0 bridgehead atoms. The van der Waals surface area contributed by atoms with E-state index in [0.29, 0.717) is 12.4 Å². The Morgan fingerprint density at radius 3 is 2.93 bits per heavy atom. The van der Waals surface area contributed by atoms with Gasteiger partial charge < -0.3 is 15.2 Å². The second kappa shape index (κ2) is 4.44. The Labute approximate surface area is 92.3 Å². The lowest BCUT2D eigenvalue weighted by molar-refractivity contribution is 0.107. The van der Waals surface area contributed by atoms with Crippen molar-refractivity contribution in [2.24, 2.45) is 5.73 Å². The number of hydrogen-bond acceptors (Lipinski definition) is 4. The Kier molecular flexibility index (Phi) is 3.01. The molecule has 2 rings (SSSR count). The second-order valence-corrected chi connectivity index (χ2v) is 4.23. The number of hydrogen-bond donors (Lipinski definition) is 2. The van der Waals surface area contributed by atoms with Crippen LogP contribution in [0.2, 0.25) is 0 Å². The molecule has 0 spiro atoms. The number of ether oxygens (including phenoxy) is 2. The molecule has 1 atom stereocenters. The van der Waals surface area contributed by atoms with Gasteiger partial charge in [-0.25, -0.2) is 0 Å². The lowest BCUT2D eigenvalue weighted by Crippen LogP contribution is -2.32. The van der Waals surface area contributed by atoms with Gasteiger partial charge in [0.1, 0.15) is 12.7 Å². The van der Waals surface area contributed by atoms with Crippen LogP contribution in [0.15, 0.2) is 24.3 Å². The summed E-state index contributed by atoms with van der Waals surface area (Å²) in [6.07, 6.45) is -0.0335. The van der Waals surface area contributed by atoms with Gasteiger partial charge in [0, 0.05) is 5.75 Å². The quantitative estimate of drug-likeness (QED) is 0.589. The summed E-state index contributed by atoms with van der Waals surface area (Å²) in [6.45, 7) is 0.511. The minimum atomic E-state index is -0.0335. The van der Waals surface area contributed by atoms with Crippen molar-refractivity contribution < 1.29 is 9.47 Å². The molecule has 4 nitrogen and oxygen atoms in total. The van der Waals surface area contributed by atoms with Crippen molar-refractivity contribution in [1.29, 1.82) is 5.41 Å². The van der Waals surface area contributed by atoms with E-state index in [9.17, 15) is 0 Å². The molecule has 0 aromatic heterocycles. The van der Waals surface area contributed by atoms with Gasteiger partial charge in [-0.1, -0.05) is 23.9 Å². The summed E-state index contributed by atoms with van der Waals surface area (Å²) in [4.78, 5) is 0. The topological polar surface area (TPSA) is 68.3 Å². The van der Waals surface area contributed by atoms with Gasteiger partial charge in [0.05, 0.1) is 0 Å². The van der Waals surface area contributed by atoms with E-state index in [2.05, 4.69) is 0 Å². The Morgan fingerprint density at radius 1 is 1.47 bits per heavy atom. The number of thioether (sulfide) groups is 1. The molecule has 1 aromatic rings. The van der Waals surface area contributed by atoms with Crippen LogP contribution in [0.4, 0.5) is 0 Å². The molecule has 15 heavy (non-hydrogen) atoms. The Hall–Kier alpha value is -1.36. The van der Waals surface area contributed by atoms with Crippen LogP contribution in [0.3, 0.4) is 0 Å². The van der Waals surface area contributed by atoms with Crippen LogP contribution in [0, 0.1) is 5.41 Å². The number of benzene rings is 1. The third-order valence-electron chi connectivity index (χ3n) is 1.99. The molecule has 0 radical (unpaired) electrons. The number of nitrogens with two attached hydrogens (primary N) is 1. The normalized spacial score (nSPS) is 18.5. The van der Waals surface area contributed by atoms with E-state index in [1.54, 1.807) is 0 Å². The van der Waals surface area contributed by atoms with Gasteiger partial charge in [-0.3, -0.25) is 5.41 Å². The number of rotatable bonds is 2. The summed E-state index contributed by atoms with van der Waals surface area (Å²) in [5, 5.41) is 7.21. The van der Waals surface area contributed by atoms with E-state index in [1.807, 2.05) is 24.3 Å². The maximum absolute atomic E-state index is 7.10. The summed E-state index contributed by atoms with van der Waals surface area (Å²) in [5.41, 5.74) is 5.25. The van der Waals surface area contributed by atoms with Crippen molar-refractivity contribution in [3.8, 4) is 11.5 Å². The van der Waals surface area contributed by atoms with Crippen molar-refractivity contribution in [3.63, 3.8) is 0 Å². The van der Waals surface area contributed by atoms with Crippen molar-refractivity contribution in [2.75, 3.05) is 12.4 Å².